The molecule has 0 bridgehead atoms. The lowest BCUT2D eigenvalue weighted by Gasteiger charge is -2.12. The first kappa shape index (κ1) is 17.1. The fourth-order valence-electron chi connectivity index (χ4n) is 1.40. The summed E-state index contributed by atoms with van der Waals surface area (Å²) in [6.45, 7) is 1.10. The maximum atomic E-state index is 13.2. The number of amides is 1. The van der Waals surface area contributed by atoms with E-state index < -0.39 is 27.8 Å². The third kappa shape index (κ3) is 4.82. The first-order valence-corrected chi connectivity index (χ1v) is 7.47. The number of halogens is 1. The number of hydrogen-bond donors (Lipinski definition) is 3. The maximum absolute atomic E-state index is 13.2. The van der Waals surface area contributed by atoms with Crippen molar-refractivity contribution >= 4 is 15.9 Å². The molecule has 4 N–H and O–H groups in total. The third-order valence-corrected chi connectivity index (χ3v) is 4.05. The number of sulfonamides is 1. The summed E-state index contributed by atoms with van der Waals surface area (Å²) < 4.78 is 39.6. The molecule has 0 aliphatic rings. The molecule has 0 fully saturated rings. The van der Waals surface area contributed by atoms with Gasteiger partial charge in [-0.1, -0.05) is 11.8 Å². The minimum atomic E-state index is -4.07. The number of rotatable bonds is 5. The Hall–Kier alpha value is -1.95. The highest BCUT2D eigenvalue weighted by Crippen LogP contribution is 2.16. The lowest BCUT2D eigenvalue weighted by molar-refractivity contribution is -0.119. The van der Waals surface area contributed by atoms with Crippen LogP contribution in [0.4, 0.5) is 4.39 Å². The second-order valence-electron chi connectivity index (χ2n) is 4.16. The first-order valence-electron chi connectivity index (χ1n) is 5.99. The van der Waals surface area contributed by atoms with Gasteiger partial charge in [-0.2, -0.15) is 4.72 Å². The number of benzene rings is 1. The van der Waals surface area contributed by atoms with Crippen LogP contribution in [0.3, 0.4) is 0 Å². The van der Waals surface area contributed by atoms with Crippen molar-refractivity contribution in [2.75, 3.05) is 6.61 Å². The number of aliphatic hydroxyl groups is 1. The Balaban J connectivity index is 3.23. The zero-order valence-electron chi connectivity index (χ0n) is 11.3. The average Bonchev–Trinajstić information content (AvgIpc) is 2.38. The second kappa shape index (κ2) is 7.17. The SMILES string of the molecule is CC(NS(=O)(=O)c1ccc(F)cc1C#CCCO)C(N)=O. The summed E-state index contributed by atoms with van der Waals surface area (Å²) in [7, 11) is -4.07. The molecule has 1 atom stereocenters. The van der Waals surface area contributed by atoms with Gasteiger partial charge in [0, 0.05) is 12.0 Å². The van der Waals surface area contributed by atoms with E-state index >= 15 is 0 Å². The van der Waals surface area contributed by atoms with E-state index in [1.165, 1.54) is 6.92 Å². The van der Waals surface area contributed by atoms with Gasteiger partial charge in [0.15, 0.2) is 0 Å². The highest BCUT2D eigenvalue weighted by atomic mass is 32.2. The standard InChI is InChI=1S/C13H15FN2O4S/c1-9(13(15)18)16-21(19,20)12-6-5-11(14)8-10(12)4-2-3-7-17/h5-6,8-9,16-17H,3,7H2,1H3,(H2,15,18). The molecule has 0 aliphatic carbocycles. The van der Waals surface area contributed by atoms with Crippen LogP contribution in [0.15, 0.2) is 23.1 Å². The van der Waals surface area contributed by atoms with Crippen molar-refractivity contribution in [2.45, 2.75) is 24.3 Å². The van der Waals surface area contributed by atoms with Crippen LogP contribution in [0.25, 0.3) is 0 Å². The third-order valence-electron chi connectivity index (χ3n) is 2.45. The van der Waals surface area contributed by atoms with Gasteiger partial charge in [-0.15, -0.1) is 0 Å². The monoisotopic (exact) mass is 314 g/mol. The predicted molar refractivity (Wildman–Crippen MR) is 74.0 cm³/mol. The van der Waals surface area contributed by atoms with Crippen molar-refractivity contribution in [1.82, 2.24) is 4.72 Å². The van der Waals surface area contributed by atoms with Crippen LogP contribution in [0.5, 0.6) is 0 Å². The van der Waals surface area contributed by atoms with Crippen LogP contribution in [0.2, 0.25) is 0 Å². The van der Waals surface area contributed by atoms with Gasteiger partial charge < -0.3 is 10.8 Å². The summed E-state index contributed by atoms with van der Waals surface area (Å²) in [4.78, 5) is 10.7. The van der Waals surface area contributed by atoms with E-state index in [4.69, 9.17) is 10.8 Å². The van der Waals surface area contributed by atoms with Gasteiger partial charge in [-0.25, -0.2) is 12.8 Å². The first-order chi connectivity index (χ1) is 9.77. The molecule has 0 aromatic heterocycles. The largest absolute Gasteiger partial charge is 0.395 e. The highest BCUT2D eigenvalue weighted by molar-refractivity contribution is 7.89. The molecule has 8 heteroatoms. The van der Waals surface area contributed by atoms with Gasteiger partial charge in [0.2, 0.25) is 15.9 Å². The summed E-state index contributed by atoms with van der Waals surface area (Å²) in [6.07, 6.45) is 0.126. The van der Waals surface area contributed by atoms with Crippen LogP contribution < -0.4 is 10.5 Å². The molecule has 0 saturated heterocycles. The van der Waals surface area contributed by atoms with Crippen molar-refractivity contribution in [3.63, 3.8) is 0 Å². The number of nitrogens with two attached hydrogens (primary N) is 1. The Bertz CT molecular complexity index is 692. The molecule has 1 amide bonds. The van der Waals surface area contributed by atoms with Gasteiger partial charge in [0.05, 0.1) is 17.5 Å². The van der Waals surface area contributed by atoms with Gasteiger partial charge in [-0.3, -0.25) is 4.79 Å². The number of aliphatic hydroxyl groups excluding tert-OH is 1. The summed E-state index contributed by atoms with van der Waals surface area (Å²) in [5.74, 6) is 3.51. The lowest BCUT2D eigenvalue weighted by atomic mass is 10.2. The molecule has 0 radical (unpaired) electrons. The zero-order valence-corrected chi connectivity index (χ0v) is 12.1. The molecular weight excluding hydrogens is 299 g/mol. The van der Waals surface area contributed by atoms with Crippen molar-refractivity contribution in [3.05, 3.63) is 29.6 Å². The maximum Gasteiger partial charge on any atom is 0.242 e. The number of carbonyl (C=O) groups is 1. The van der Waals surface area contributed by atoms with Gasteiger partial charge in [-0.05, 0) is 25.1 Å². The number of nitrogens with one attached hydrogen (secondary N) is 1. The molecule has 0 aliphatic heterocycles. The predicted octanol–water partition coefficient (Wildman–Crippen LogP) is -0.288. The number of primary amides is 1. The van der Waals surface area contributed by atoms with E-state index in [-0.39, 0.29) is 23.5 Å². The minimum Gasteiger partial charge on any atom is -0.395 e. The summed E-state index contributed by atoms with van der Waals surface area (Å²) >= 11 is 0. The van der Waals surface area contributed by atoms with Crippen LogP contribution >= 0.6 is 0 Å². The quantitative estimate of drug-likeness (QED) is 0.649. The van der Waals surface area contributed by atoms with E-state index in [0.29, 0.717) is 0 Å². The van der Waals surface area contributed by atoms with Crippen molar-refractivity contribution in [3.8, 4) is 11.8 Å². The smallest absolute Gasteiger partial charge is 0.242 e. The van der Waals surface area contributed by atoms with Crippen LogP contribution in [0, 0.1) is 17.7 Å². The number of carbonyl (C=O) groups excluding carboxylic acids is 1. The fraction of sp³-hybridized carbons (Fsp3) is 0.308. The van der Waals surface area contributed by atoms with E-state index in [1.54, 1.807) is 0 Å². The Morgan fingerprint density at radius 2 is 2.19 bits per heavy atom. The molecule has 0 saturated carbocycles. The Kier molecular flexibility index (Phi) is 5.84. The molecule has 1 aromatic carbocycles. The van der Waals surface area contributed by atoms with Gasteiger partial charge >= 0.3 is 0 Å². The van der Waals surface area contributed by atoms with E-state index in [0.717, 1.165) is 18.2 Å². The molecule has 114 valence electrons. The summed E-state index contributed by atoms with van der Waals surface area (Å²) in [6, 6.07) is 1.88. The molecule has 1 unspecified atom stereocenters. The molecule has 0 spiro atoms. The highest BCUT2D eigenvalue weighted by Gasteiger charge is 2.23. The van der Waals surface area contributed by atoms with Gasteiger partial charge in [0.1, 0.15) is 5.82 Å². The molecule has 21 heavy (non-hydrogen) atoms. The van der Waals surface area contributed by atoms with Crippen LogP contribution in [0.1, 0.15) is 18.9 Å². The zero-order chi connectivity index (χ0) is 16.0. The van der Waals surface area contributed by atoms with Gasteiger partial charge in [0.25, 0.3) is 0 Å². The van der Waals surface area contributed by atoms with Crippen molar-refractivity contribution < 1.29 is 22.7 Å². The lowest BCUT2D eigenvalue weighted by Crippen LogP contribution is -2.42. The Morgan fingerprint density at radius 3 is 2.76 bits per heavy atom. The Labute approximate surface area is 122 Å². The second-order valence-corrected chi connectivity index (χ2v) is 5.84. The normalized spacial score (nSPS) is 12.3. The van der Waals surface area contributed by atoms with E-state index in [1.807, 2.05) is 0 Å². The molecule has 6 nitrogen and oxygen atoms in total. The molecule has 1 rings (SSSR count). The van der Waals surface area contributed by atoms with Crippen molar-refractivity contribution in [1.29, 1.82) is 0 Å². The van der Waals surface area contributed by atoms with Crippen LogP contribution in [-0.4, -0.2) is 32.1 Å². The molecule has 1 aromatic rings. The molecule has 0 heterocycles. The van der Waals surface area contributed by atoms with Crippen molar-refractivity contribution in [2.24, 2.45) is 5.73 Å². The van der Waals surface area contributed by atoms with E-state index in [2.05, 4.69) is 16.6 Å². The van der Waals surface area contributed by atoms with Crippen LogP contribution in [-0.2, 0) is 14.8 Å². The molecular formula is C13H15FN2O4S. The van der Waals surface area contributed by atoms with E-state index in [9.17, 15) is 17.6 Å². The average molecular weight is 314 g/mol. The topological polar surface area (TPSA) is 109 Å². The summed E-state index contributed by atoms with van der Waals surface area (Å²) in [5, 5.41) is 8.65. The fourth-order valence-corrected chi connectivity index (χ4v) is 2.76. The number of hydrogen-bond acceptors (Lipinski definition) is 4. The minimum absolute atomic E-state index is 0.0624. The summed E-state index contributed by atoms with van der Waals surface area (Å²) in [5.41, 5.74) is 4.94. The Morgan fingerprint density at radius 1 is 1.52 bits per heavy atom.